The summed E-state index contributed by atoms with van der Waals surface area (Å²) in [5.41, 5.74) is 0.180. The summed E-state index contributed by atoms with van der Waals surface area (Å²) in [6.45, 7) is 4.07. The Balaban J connectivity index is 2.04. The molecule has 1 aliphatic heterocycles. The molecule has 120 valence electrons. The fraction of sp³-hybridized carbons (Fsp3) is 0.263. The number of fused-ring (bicyclic) bond motifs is 5. The van der Waals surface area contributed by atoms with Gasteiger partial charge in [-0.05, 0) is 17.5 Å². The lowest BCUT2D eigenvalue weighted by molar-refractivity contribution is -0.161. The molecular formula is C19H15NO4. The van der Waals surface area contributed by atoms with Crippen LogP contribution in [0, 0.1) is 0 Å². The second-order valence-electron chi connectivity index (χ2n) is 6.44. The molecule has 4 rings (SSSR count). The van der Waals surface area contributed by atoms with Crippen molar-refractivity contribution in [1.29, 1.82) is 0 Å². The molecule has 0 saturated heterocycles. The zero-order valence-electron chi connectivity index (χ0n) is 13.2. The van der Waals surface area contributed by atoms with Crippen LogP contribution in [0.1, 0.15) is 46.8 Å². The Kier molecular flexibility index (Phi) is 2.86. The number of aliphatic hydroxyl groups is 1. The minimum absolute atomic E-state index is 0.252. The van der Waals surface area contributed by atoms with Crippen LogP contribution in [0.5, 0.6) is 5.75 Å². The van der Waals surface area contributed by atoms with E-state index in [0.29, 0.717) is 22.4 Å². The molecular weight excluding hydrogens is 306 g/mol. The molecule has 0 bridgehead atoms. The van der Waals surface area contributed by atoms with Gasteiger partial charge in [-0.1, -0.05) is 50.2 Å². The second kappa shape index (κ2) is 4.63. The quantitative estimate of drug-likeness (QED) is 0.681. The SMILES string of the molecule is CC(C)c1ccc2c(c1)OC1(O)c3ccccc3C(=O)C21N=C=O. The lowest BCUT2D eigenvalue weighted by atomic mass is 9.83. The third kappa shape index (κ3) is 1.51. The molecule has 0 fully saturated rings. The van der Waals surface area contributed by atoms with Gasteiger partial charge in [-0.15, -0.1) is 0 Å². The first-order valence-electron chi connectivity index (χ1n) is 7.75. The van der Waals surface area contributed by atoms with Crippen LogP contribution in [0.15, 0.2) is 47.5 Å². The zero-order valence-corrected chi connectivity index (χ0v) is 13.2. The van der Waals surface area contributed by atoms with E-state index in [-0.39, 0.29) is 5.92 Å². The van der Waals surface area contributed by atoms with Gasteiger partial charge in [-0.25, -0.2) is 4.79 Å². The number of benzene rings is 2. The number of rotatable bonds is 2. The molecule has 0 spiro atoms. The number of carbonyl (C=O) groups is 1. The molecule has 2 atom stereocenters. The van der Waals surface area contributed by atoms with Gasteiger partial charge in [0, 0.05) is 16.7 Å². The Morgan fingerprint density at radius 3 is 2.62 bits per heavy atom. The first kappa shape index (κ1) is 14.8. The van der Waals surface area contributed by atoms with Crippen molar-refractivity contribution in [3.63, 3.8) is 0 Å². The first-order chi connectivity index (χ1) is 11.5. The van der Waals surface area contributed by atoms with Crippen LogP contribution >= 0.6 is 0 Å². The van der Waals surface area contributed by atoms with E-state index in [4.69, 9.17) is 4.74 Å². The van der Waals surface area contributed by atoms with E-state index in [0.717, 1.165) is 5.56 Å². The average molecular weight is 321 g/mol. The van der Waals surface area contributed by atoms with E-state index in [1.54, 1.807) is 36.4 Å². The highest BCUT2D eigenvalue weighted by Gasteiger charge is 2.71. The molecule has 1 aliphatic carbocycles. The number of aliphatic imine (C=N–C) groups is 1. The van der Waals surface area contributed by atoms with Crippen molar-refractivity contribution >= 4 is 11.9 Å². The van der Waals surface area contributed by atoms with Gasteiger partial charge in [0.25, 0.3) is 5.79 Å². The summed E-state index contributed by atoms with van der Waals surface area (Å²) in [6, 6.07) is 12.0. The van der Waals surface area contributed by atoms with Gasteiger partial charge < -0.3 is 9.84 Å². The first-order valence-corrected chi connectivity index (χ1v) is 7.75. The molecule has 0 saturated carbocycles. The number of carbonyl (C=O) groups excluding carboxylic acids is 2. The highest BCUT2D eigenvalue weighted by atomic mass is 16.6. The summed E-state index contributed by atoms with van der Waals surface area (Å²) in [7, 11) is 0. The number of nitrogens with zero attached hydrogens (tertiary/aromatic N) is 1. The second-order valence-corrected chi connectivity index (χ2v) is 6.44. The van der Waals surface area contributed by atoms with Crippen LogP contribution in [-0.4, -0.2) is 17.0 Å². The monoisotopic (exact) mass is 321 g/mol. The van der Waals surface area contributed by atoms with Crippen LogP contribution < -0.4 is 4.74 Å². The highest BCUT2D eigenvalue weighted by Crippen LogP contribution is 2.60. The van der Waals surface area contributed by atoms with Gasteiger partial charge >= 0.3 is 0 Å². The fourth-order valence-electron chi connectivity index (χ4n) is 3.65. The Labute approximate surface area is 138 Å². The Bertz CT molecular complexity index is 929. The van der Waals surface area contributed by atoms with Crippen LogP contribution in [0.4, 0.5) is 0 Å². The van der Waals surface area contributed by atoms with Crippen molar-refractivity contribution in [3.8, 4) is 5.75 Å². The molecule has 2 aromatic rings. The van der Waals surface area contributed by atoms with Crippen molar-refractivity contribution < 1.29 is 19.4 Å². The van der Waals surface area contributed by atoms with Gasteiger partial charge in [0.1, 0.15) is 5.75 Å². The van der Waals surface area contributed by atoms with E-state index in [2.05, 4.69) is 4.99 Å². The van der Waals surface area contributed by atoms with Crippen LogP contribution in [0.3, 0.4) is 0 Å². The third-order valence-electron chi connectivity index (χ3n) is 4.89. The lowest BCUT2D eigenvalue weighted by Crippen LogP contribution is -2.47. The topological polar surface area (TPSA) is 76.0 Å². The van der Waals surface area contributed by atoms with Gasteiger partial charge in [0.2, 0.25) is 17.4 Å². The van der Waals surface area contributed by atoms with Crippen molar-refractivity contribution in [3.05, 3.63) is 64.7 Å². The molecule has 0 radical (unpaired) electrons. The summed E-state index contributed by atoms with van der Waals surface area (Å²) >= 11 is 0. The molecule has 1 N–H and O–H groups in total. The van der Waals surface area contributed by atoms with E-state index in [1.165, 1.54) is 6.08 Å². The molecule has 5 nitrogen and oxygen atoms in total. The standard InChI is InChI=1S/C19H15NO4/c1-11(2)12-7-8-15-16(9-12)24-19(23)14-6-4-3-5-13(14)17(22)18(15,19)20-10-21/h3-9,11,23H,1-2H3. The minimum atomic E-state index is -2.03. The number of ether oxygens (including phenoxy) is 1. The van der Waals surface area contributed by atoms with Crippen molar-refractivity contribution in [1.82, 2.24) is 0 Å². The summed E-state index contributed by atoms with van der Waals surface area (Å²) in [4.78, 5) is 27.9. The van der Waals surface area contributed by atoms with E-state index >= 15 is 0 Å². The van der Waals surface area contributed by atoms with Crippen molar-refractivity contribution in [2.45, 2.75) is 31.1 Å². The molecule has 2 aliphatic rings. The number of hydrogen-bond acceptors (Lipinski definition) is 5. The van der Waals surface area contributed by atoms with Crippen LogP contribution in [0.2, 0.25) is 0 Å². The summed E-state index contributed by atoms with van der Waals surface area (Å²) in [6.07, 6.45) is 1.45. The molecule has 0 aromatic heterocycles. The van der Waals surface area contributed by atoms with Gasteiger partial charge in [-0.3, -0.25) is 4.79 Å². The maximum atomic E-state index is 13.1. The van der Waals surface area contributed by atoms with E-state index < -0.39 is 17.1 Å². The van der Waals surface area contributed by atoms with Gasteiger partial charge in [0.15, 0.2) is 0 Å². The Morgan fingerprint density at radius 2 is 1.92 bits per heavy atom. The van der Waals surface area contributed by atoms with Crippen molar-refractivity contribution in [2.24, 2.45) is 4.99 Å². The molecule has 24 heavy (non-hydrogen) atoms. The maximum Gasteiger partial charge on any atom is 0.274 e. The van der Waals surface area contributed by atoms with E-state index in [1.807, 2.05) is 19.9 Å². The Hall–Kier alpha value is -2.75. The number of isocyanates is 1. The average Bonchev–Trinajstić information content (AvgIpc) is 2.93. The molecule has 2 aromatic carbocycles. The summed E-state index contributed by atoms with van der Waals surface area (Å²) in [5, 5.41) is 11.3. The summed E-state index contributed by atoms with van der Waals surface area (Å²) in [5.74, 6) is -1.87. The van der Waals surface area contributed by atoms with Crippen LogP contribution in [0.25, 0.3) is 0 Å². The molecule has 5 heteroatoms. The van der Waals surface area contributed by atoms with Gasteiger partial charge in [0.05, 0.1) is 0 Å². The smallest absolute Gasteiger partial charge is 0.274 e. The molecule has 2 unspecified atom stereocenters. The number of Topliss-reactive ketones (excluding diaryl/α,β-unsaturated/α-hetero) is 1. The predicted octanol–water partition coefficient (Wildman–Crippen LogP) is 2.78. The highest BCUT2D eigenvalue weighted by molar-refractivity contribution is 6.11. The zero-order chi connectivity index (χ0) is 17.1. The van der Waals surface area contributed by atoms with Crippen molar-refractivity contribution in [2.75, 3.05) is 0 Å². The third-order valence-corrected chi connectivity index (χ3v) is 4.89. The predicted molar refractivity (Wildman–Crippen MR) is 85.6 cm³/mol. The largest absolute Gasteiger partial charge is 0.454 e. The molecule has 0 amide bonds. The normalized spacial score (nSPS) is 26.4. The fourth-order valence-corrected chi connectivity index (χ4v) is 3.65. The van der Waals surface area contributed by atoms with Crippen LogP contribution in [-0.2, 0) is 16.1 Å². The number of ketones is 1. The van der Waals surface area contributed by atoms with Gasteiger partial charge in [-0.2, -0.15) is 4.99 Å². The molecule has 1 heterocycles. The van der Waals surface area contributed by atoms with E-state index in [9.17, 15) is 14.7 Å². The number of hydrogen-bond donors (Lipinski definition) is 1. The summed E-state index contributed by atoms with van der Waals surface area (Å²) < 4.78 is 5.82. The Morgan fingerprint density at radius 1 is 1.17 bits per heavy atom. The lowest BCUT2D eigenvalue weighted by Gasteiger charge is -2.28. The minimum Gasteiger partial charge on any atom is -0.454 e. The maximum absolute atomic E-state index is 13.1.